The quantitative estimate of drug-likeness (QED) is 0.619. The number of rotatable bonds is 3. The second kappa shape index (κ2) is 6.65. The molecule has 1 aromatic heterocycles. The van der Waals surface area contributed by atoms with Crippen LogP contribution in [0.25, 0.3) is 10.2 Å². The number of carbonyl (C=O) groups is 2. The largest absolute Gasteiger partial charge is 0.323 e. The van der Waals surface area contributed by atoms with Crippen LogP contribution in [0.1, 0.15) is 32.3 Å². The lowest BCUT2D eigenvalue weighted by Crippen LogP contribution is -2.49. The van der Waals surface area contributed by atoms with Crippen molar-refractivity contribution in [3.63, 3.8) is 0 Å². The molecular weight excluding hydrogens is 378 g/mol. The fourth-order valence-electron chi connectivity index (χ4n) is 2.89. The van der Waals surface area contributed by atoms with Crippen LogP contribution in [0, 0.1) is 0 Å². The number of thiazole rings is 1. The number of nitrogens with zero attached hydrogens (tertiary/aromatic N) is 1. The Kier molecular flexibility index (Phi) is 4.44. The molecule has 3 aromatic rings. The highest BCUT2D eigenvalue weighted by Gasteiger charge is 2.46. The Morgan fingerprint density at radius 2 is 2.00 bits per heavy atom. The van der Waals surface area contributed by atoms with Gasteiger partial charge in [-0.15, -0.1) is 0 Å². The van der Waals surface area contributed by atoms with Crippen molar-refractivity contribution in [1.82, 2.24) is 4.98 Å². The number of anilines is 2. The molecule has 0 saturated heterocycles. The molecule has 0 radical (unpaired) electrons. The maximum atomic E-state index is 12.9. The van der Waals surface area contributed by atoms with Crippen molar-refractivity contribution < 1.29 is 9.59 Å². The maximum Gasteiger partial charge on any atom is 0.252 e. The predicted molar refractivity (Wildman–Crippen MR) is 112 cm³/mol. The van der Waals surface area contributed by atoms with E-state index in [4.69, 9.17) is 0 Å². The number of hydrogen-bond donors (Lipinski definition) is 2. The van der Waals surface area contributed by atoms with E-state index in [1.54, 1.807) is 6.92 Å². The Morgan fingerprint density at radius 3 is 2.78 bits per heavy atom. The van der Waals surface area contributed by atoms with E-state index in [0.29, 0.717) is 11.0 Å². The SMILES string of the molecule is CC(C)c1ccc2nc(NC(=O)C3(C)Sc4ccccc4NC3=O)sc2c1. The average Bonchev–Trinajstić information content (AvgIpc) is 3.03. The molecule has 0 fully saturated rings. The molecule has 5 nitrogen and oxygen atoms in total. The molecule has 0 saturated carbocycles. The molecule has 4 rings (SSSR count). The molecule has 1 aliphatic rings. The minimum absolute atomic E-state index is 0.327. The van der Waals surface area contributed by atoms with Gasteiger partial charge in [-0.25, -0.2) is 4.98 Å². The van der Waals surface area contributed by atoms with Gasteiger partial charge < -0.3 is 10.6 Å². The molecule has 2 aromatic carbocycles. The van der Waals surface area contributed by atoms with E-state index in [9.17, 15) is 9.59 Å². The zero-order valence-electron chi connectivity index (χ0n) is 15.2. The van der Waals surface area contributed by atoms with Crippen molar-refractivity contribution in [2.45, 2.75) is 36.3 Å². The summed E-state index contributed by atoms with van der Waals surface area (Å²) in [5, 5.41) is 6.17. The third-order valence-corrected chi connectivity index (χ3v) is 6.90. The van der Waals surface area contributed by atoms with Gasteiger partial charge in [-0.1, -0.05) is 55.1 Å². The van der Waals surface area contributed by atoms with Gasteiger partial charge in [-0.05, 0) is 42.7 Å². The summed E-state index contributed by atoms with van der Waals surface area (Å²) in [5.74, 6) is -0.273. The van der Waals surface area contributed by atoms with Crippen LogP contribution in [-0.2, 0) is 9.59 Å². The van der Waals surface area contributed by atoms with Gasteiger partial charge in [0, 0.05) is 4.90 Å². The minimum atomic E-state index is -1.25. The molecule has 0 spiro atoms. The normalized spacial score (nSPS) is 19.0. The first-order valence-electron chi connectivity index (χ1n) is 8.68. The summed E-state index contributed by atoms with van der Waals surface area (Å²) in [6, 6.07) is 13.6. The van der Waals surface area contributed by atoms with Crippen LogP contribution >= 0.6 is 23.1 Å². The van der Waals surface area contributed by atoms with E-state index in [-0.39, 0.29) is 11.8 Å². The number of carbonyl (C=O) groups excluding carboxylic acids is 2. The lowest BCUT2D eigenvalue weighted by atomic mass is 10.0. The Bertz CT molecular complexity index is 1060. The van der Waals surface area contributed by atoms with Crippen molar-refractivity contribution in [2.24, 2.45) is 0 Å². The smallest absolute Gasteiger partial charge is 0.252 e. The van der Waals surface area contributed by atoms with Crippen molar-refractivity contribution in [3.8, 4) is 0 Å². The van der Waals surface area contributed by atoms with Crippen molar-refractivity contribution >= 4 is 55.9 Å². The minimum Gasteiger partial charge on any atom is -0.323 e. The highest BCUT2D eigenvalue weighted by atomic mass is 32.2. The number of nitrogens with one attached hydrogen (secondary N) is 2. The second-order valence-corrected chi connectivity index (χ2v) is 9.43. The van der Waals surface area contributed by atoms with E-state index < -0.39 is 4.75 Å². The molecule has 27 heavy (non-hydrogen) atoms. The molecule has 2 heterocycles. The van der Waals surface area contributed by atoms with E-state index in [2.05, 4.69) is 41.6 Å². The molecule has 1 aliphatic heterocycles. The number of amides is 2. The Labute approximate surface area is 165 Å². The van der Waals surface area contributed by atoms with E-state index in [1.165, 1.54) is 28.7 Å². The van der Waals surface area contributed by atoms with E-state index in [0.717, 1.165) is 20.8 Å². The van der Waals surface area contributed by atoms with Crippen LogP contribution in [-0.4, -0.2) is 21.5 Å². The van der Waals surface area contributed by atoms with Gasteiger partial charge in [-0.3, -0.25) is 9.59 Å². The van der Waals surface area contributed by atoms with Crippen LogP contribution < -0.4 is 10.6 Å². The van der Waals surface area contributed by atoms with E-state index in [1.807, 2.05) is 30.3 Å². The van der Waals surface area contributed by atoms with Crippen LogP contribution in [0.15, 0.2) is 47.4 Å². The van der Waals surface area contributed by atoms with Crippen molar-refractivity contribution in [3.05, 3.63) is 48.0 Å². The highest BCUT2D eigenvalue weighted by Crippen LogP contribution is 2.43. The summed E-state index contributed by atoms with van der Waals surface area (Å²) in [6.45, 7) is 5.92. The fraction of sp³-hybridized carbons (Fsp3) is 0.250. The van der Waals surface area contributed by atoms with Crippen LogP contribution in [0.5, 0.6) is 0 Å². The first kappa shape index (κ1) is 18.0. The Morgan fingerprint density at radius 1 is 1.22 bits per heavy atom. The summed E-state index contributed by atoms with van der Waals surface area (Å²) in [4.78, 5) is 30.9. The number of benzene rings is 2. The number of hydrogen-bond acceptors (Lipinski definition) is 5. The molecule has 7 heteroatoms. The maximum absolute atomic E-state index is 12.9. The lowest BCUT2D eigenvalue weighted by Gasteiger charge is -2.31. The molecule has 1 unspecified atom stereocenters. The van der Waals surface area contributed by atoms with Crippen LogP contribution in [0.2, 0.25) is 0 Å². The summed E-state index contributed by atoms with van der Waals surface area (Å²) in [6.07, 6.45) is 0. The number of para-hydroxylation sites is 1. The van der Waals surface area contributed by atoms with Crippen molar-refractivity contribution in [1.29, 1.82) is 0 Å². The first-order chi connectivity index (χ1) is 12.9. The van der Waals surface area contributed by atoms with Gasteiger partial charge in [0.2, 0.25) is 5.91 Å². The number of aromatic nitrogens is 1. The molecule has 2 N–H and O–H groups in total. The van der Waals surface area contributed by atoms with E-state index >= 15 is 0 Å². The van der Waals surface area contributed by atoms with Crippen LogP contribution in [0.3, 0.4) is 0 Å². The van der Waals surface area contributed by atoms with Gasteiger partial charge in [0.25, 0.3) is 5.91 Å². The summed E-state index contributed by atoms with van der Waals surface area (Å²) in [5.41, 5.74) is 2.81. The van der Waals surface area contributed by atoms with Gasteiger partial charge in [0.05, 0.1) is 15.9 Å². The average molecular weight is 398 g/mol. The third kappa shape index (κ3) is 3.21. The Balaban J connectivity index is 1.60. The Hall–Kier alpha value is -2.38. The van der Waals surface area contributed by atoms with Crippen molar-refractivity contribution in [2.75, 3.05) is 10.6 Å². The van der Waals surface area contributed by atoms with Gasteiger partial charge >= 0.3 is 0 Å². The van der Waals surface area contributed by atoms with Crippen LogP contribution in [0.4, 0.5) is 10.8 Å². The summed E-state index contributed by atoms with van der Waals surface area (Å²) < 4.78 is -0.234. The van der Waals surface area contributed by atoms with Gasteiger partial charge in [0.1, 0.15) is 0 Å². The molecular formula is C20H19N3O2S2. The molecule has 138 valence electrons. The molecule has 0 aliphatic carbocycles. The zero-order valence-corrected chi connectivity index (χ0v) is 16.8. The topological polar surface area (TPSA) is 71.1 Å². The third-order valence-electron chi connectivity index (χ3n) is 4.62. The monoisotopic (exact) mass is 397 g/mol. The summed E-state index contributed by atoms with van der Waals surface area (Å²) in [7, 11) is 0. The zero-order chi connectivity index (χ0) is 19.2. The molecule has 1 atom stereocenters. The predicted octanol–water partition coefficient (Wildman–Crippen LogP) is 4.86. The second-order valence-electron chi connectivity index (χ2n) is 6.94. The fourth-order valence-corrected chi connectivity index (χ4v) is 4.90. The highest BCUT2D eigenvalue weighted by molar-refractivity contribution is 8.02. The molecule has 0 bridgehead atoms. The lowest BCUT2D eigenvalue weighted by molar-refractivity contribution is -0.126. The van der Waals surface area contributed by atoms with Gasteiger partial charge in [-0.2, -0.15) is 0 Å². The standard InChI is InChI=1S/C20H19N3O2S2/c1-11(2)12-8-9-14-16(10-12)26-19(22-14)23-18(25)20(3)17(24)21-13-6-4-5-7-15(13)27-20/h4-11H,1-3H3,(H,21,24)(H,22,23,25). The number of thioether (sulfide) groups is 1. The number of fused-ring (bicyclic) bond motifs is 2. The van der Waals surface area contributed by atoms with Gasteiger partial charge in [0.15, 0.2) is 9.88 Å². The molecule has 2 amide bonds. The summed E-state index contributed by atoms with van der Waals surface area (Å²) >= 11 is 2.68. The first-order valence-corrected chi connectivity index (χ1v) is 10.3.